The summed E-state index contributed by atoms with van der Waals surface area (Å²) in [5.74, 6) is 0. The lowest BCUT2D eigenvalue weighted by Gasteiger charge is -2.45. The topological polar surface area (TPSA) is 18.5 Å². The second-order valence-electron chi connectivity index (χ2n) is 6.05. The maximum Gasteiger partial charge on any atom is 0.0195 e. The number of rotatable bonds is 4. The van der Waals surface area contributed by atoms with Crippen molar-refractivity contribution in [2.45, 2.75) is 64.6 Å². The van der Waals surface area contributed by atoms with Crippen LogP contribution in [-0.2, 0) is 0 Å². The molecule has 3 atom stereocenters. The Morgan fingerprint density at radius 2 is 2.00 bits per heavy atom. The largest absolute Gasteiger partial charge is 0.314 e. The molecule has 3 heteroatoms. The van der Waals surface area contributed by atoms with Crippen LogP contribution in [0.25, 0.3) is 0 Å². The van der Waals surface area contributed by atoms with Crippen LogP contribution in [-0.4, -0.2) is 60.6 Å². The third-order valence-corrected chi connectivity index (χ3v) is 4.86. The maximum atomic E-state index is 3.65. The molecule has 0 spiro atoms. The molecule has 0 aromatic rings. The summed E-state index contributed by atoms with van der Waals surface area (Å²) in [7, 11) is 0. The summed E-state index contributed by atoms with van der Waals surface area (Å²) in [6, 6.07) is 2.35. The first-order valence-corrected chi connectivity index (χ1v) is 7.96. The zero-order chi connectivity index (χ0) is 13.0. The van der Waals surface area contributed by atoms with E-state index in [1.54, 1.807) is 0 Å². The summed E-state index contributed by atoms with van der Waals surface area (Å²) in [5.41, 5.74) is 0. The van der Waals surface area contributed by atoms with Crippen molar-refractivity contribution < 1.29 is 0 Å². The molecule has 106 valence electrons. The van der Waals surface area contributed by atoms with Gasteiger partial charge in [-0.15, -0.1) is 0 Å². The molecule has 18 heavy (non-hydrogen) atoms. The van der Waals surface area contributed by atoms with E-state index in [1.165, 1.54) is 51.9 Å². The molecule has 1 aliphatic heterocycles. The highest BCUT2D eigenvalue weighted by molar-refractivity contribution is 4.88. The van der Waals surface area contributed by atoms with Crippen molar-refractivity contribution in [2.24, 2.45) is 0 Å². The summed E-state index contributed by atoms with van der Waals surface area (Å²) in [6.07, 6.45) is 5.58. The Labute approximate surface area is 113 Å². The average molecular weight is 253 g/mol. The standard InChI is InChI=1S/C15H31N3/c1-4-16-14-7-6-8-15(11-14)18-10-9-17(5-2)13(3)12-18/h13-16H,4-12H2,1-3H3. The lowest BCUT2D eigenvalue weighted by molar-refractivity contribution is 0.0415. The van der Waals surface area contributed by atoms with Crippen molar-refractivity contribution >= 4 is 0 Å². The smallest absolute Gasteiger partial charge is 0.0195 e. The van der Waals surface area contributed by atoms with E-state index < -0.39 is 0 Å². The van der Waals surface area contributed by atoms with Crippen LogP contribution in [0.1, 0.15) is 46.5 Å². The molecule has 0 bridgehead atoms. The Bertz CT molecular complexity index is 238. The van der Waals surface area contributed by atoms with Crippen molar-refractivity contribution in [3.05, 3.63) is 0 Å². The molecular formula is C15H31N3. The monoisotopic (exact) mass is 253 g/mol. The summed E-state index contributed by atoms with van der Waals surface area (Å²) in [4.78, 5) is 5.38. The molecule has 0 radical (unpaired) electrons. The fraction of sp³-hybridized carbons (Fsp3) is 1.00. The lowest BCUT2D eigenvalue weighted by Crippen LogP contribution is -2.56. The Morgan fingerprint density at radius 1 is 1.17 bits per heavy atom. The highest BCUT2D eigenvalue weighted by atomic mass is 15.3. The summed E-state index contributed by atoms with van der Waals surface area (Å²) in [6.45, 7) is 13.1. The molecule has 2 rings (SSSR count). The maximum absolute atomic E-state index is 3.65. The Kier molecular flexibility index (Phi) is 5.46. The third kappa shape index (κ3) is 3.46. The van der Waals surface area contributed by atoms with E-state index in [0.29, 0.717) is 0 Å². The highest BCUT2D eigenvalue weighted by Gasteiger charge is 2.30. The molecule has 1 heterocycles. The normalized spacial score (nSPS) is 35.8. The number of likely N-dealkylation sites (N-methyl/N-ethyl adjacent to an activating group) is 1. The van der Waals surface area contributed by atoms with Crippen molar-refractivity contribution in [3.63, 3.8) is 0 Å². The summed E-state index contributed by atoms with van der Waals surface area (Å²) < 4.78 is 0. The van der Waals surface area contributed by atoms with Crippen LogP contribution in [0.4, 0.5) is 0 Å². The fourth-order valence-electron chi connectivity index (χ4n) is 3.79. The van der Waals surface area contributed by atoms with E-state index in [1.807, 2.05) is 0 Å². The molecular weight excluding hydrogens is 222 g/mol. The molecule has 1 saturated carbocycles. The Balaban J connectivity index is 1.84. The molecule has 1 aliphatic carbocycles. The van der Waals surface area contributed by atoms with Gasteiger partial charge in [0.15, 0.2) is 0 Å². The van der Waals surface area contributed by atoms with Gasteiger partial charge in [0.1, 0.15) is 0 Å². The van der Waals surface area contributed by atoms with Gasteiger partial charge in [0.05, 0.1) is 0 Å². The highest BCUT2D eigenvalue weighted by Crippen LogP contribution is 2.25. The predicted octanol–water partition coefficient (Wildman–Crippen LogP) is 1.93. The lowest BCUT2D eigenvalue weighted by atomic mass is 9.89. The van der Waals surface area contributed by atoms with Gasteiger partial charge in [0.25, 0.3) is 0 Å². The second kappa shape index (κ2) is 6.88. The zero-order valence-corrected chi connectivity index (χ0v) is 12.5. The van der Waals surface area contributed by atoms with Crippen molar-refractivity contribution in [3.8, 4) is 0 Å². The van der Waals surface area contributed by atoms with E-state index in [9.17, 15) is 0 Å². The van der Waals surface area contributed by atoms with Gasteiger partial charge in [-0.2, -0.15) is 0 Å². The zero-order valence-electron chi connectivity index (χ0n) is 12.5. The number of nitrogens with zero attached hydrogens (tertiary/aromatic N) is 2. The molecule has 3 unspecified atom stereocenters. The van der Waals surface area contributed by atoms with Gasteiger partial charge in [-0.1, -0.05) is 20.3 Å². The minimum Gasteiger partial charge on any atom is -0.314 e. The number of piperazine rings is 1. The average Bonchev–Trinajstić information content (AvgIpc) is 2.39. The van der Waals surface area contributed by atoms with Crippen LogP contribution < -0.4 is 5.32 Å². The van der Waals surface area contributed by atoms with Gasteiger partial charge in [-0.05, 0) is 39.3 Å². The van der Waals surface area contributed by atoms with E-state index in [-0.39, 0.29) is 0 Å². The van der Waals surface area contributed by atoms with E-state index in [4.69, 9.17) is 0 Å². The van der Waals surface area contributed by atoms with Crippen LogP contribution in [0.2, 0.25) is 0 Å². The first kappa shape index (κ1) is 14.3. The summed E-state index contributed by atoms with van der Waals surface area (Å²) >= 11 is 0. The van der Waals surface area contributed by atoms with Crippen LogP contribution in [0.5, 0.6) is 0 Å². The summed E-state index contributed by atoms with van der Waals surface area (Å²) in [5, 5.41) is 3.65. The van der Waals surface area contributed by atoms with Gasteiger partial charge in [-0.3, -0.25) is 9.80 Å². The van der Waals surface area contributed by atoms with Gasteiger partial charge in [-0.25, -0.2) is 0 Å². The van der Waals surface area contributed by atoms with Crippen molar-refractivity contribution in [1.82, 2.24) is 15.1 Å². The first-order chi connectivity index (χ1) is 8.74. The van der Waals surface area contributed by atoms with Gasteiger partial charge in [0.2, 0.25) is 0 Å². The number of hydrogen-bond donors (Lipinski definition) is 1. The van der Waals surface area contributed by atoms with Gasteiger partial charge >= 0.3 is 0 Å². The van der Waals surface area contributed by atoms with E-state index in [0.717, 1.165) is 24.7 Å². The van der Waals surface area contributed by atoms with Crippen molar-refractivity contribution in [1.29, 1.82) is 0 Å². The van der Waals surface area contributed by atoms with E-state index in [2.05, 4.69) is 35.9 Å². The van der Waals surface area contributed by atoms with Crippen LogP contribution in [0, 0.1) is 0 Å². The molecule has 0 aromatic heterocycles. The molecule has 2 aliphatic rings. The minimum absolute atomic E-state index is 0.739. The van der Waals surface area contributed by atoms with Gasteiger partial charge < -0.3 is 5.32 Å². The molecule has 1 N–H and O–H groups in total. The number of hydrogen-bond acceptors (Lipinski definition) is 3. The predicted molar refractivity (Wildman–Crippen MR) is 78.0 cm³/mol. The molecule has 1 saturated heterocycles. The molecule has 0 aromatic carbocycles. The SMILES string of the molecule is CCNC1CCCC(N2CCN(CC)C(C)C2)C1. The van der Waals surface area contributed by atoms with Crippen LogP contribution in [0.3, 0.4) is 0 Å². The quantitative estimate of drug-likeness (QED) is 0.826. The van der Waals surface area contributed by atoms with Gasteiger partial charge in [0, 0.05) is 37.8 Å². The van der Waals surface area contributed by atoms with Crippen molar-refractivity contribution in [2.75, 3.05) is 32.7 Å². The minimum atomic E-state index is 0.739. The molecule has 3 nitrogen and oxygen atoms in total. The number of nitrogens with one attached hydrogen (secondary N) is 1. The van der Waals surface area contributed by atoms with Crippen LogP contribution >= 0.6 is 0 Å². The Hall–Kier alpha value is -0.120. The van der Waals surface area contributed by atoms with Crippen LogP contribution in [0.15, 0.2) is 0 Å². The third-order valence-electron chi connectivity index (χ3n) is 4.86. The first-order valence-electron chi connectivity index (χ1n) is 7.96. The Morgan fingerprint density at radius 3 is 2.67 bits per heavy atom. The second-order valence-corrected chi connectivity index (χ2v) is 6.05. The molecule has 0 amide bonds. The molecule has 2 fully saturated rings. The fourth-order valence-corrected chi connectivity index (χ4v) is 3.79. The van der Waals surface area contributed by atoms with E-state index >= 15 is 0 Å².